The molecule has 108 valence electrons. The molecule has 0 aliphatic heterocycles. The third kappa shape index (κ3) is 3.20. The molecule has 0 spiro atoms. The Morgan fingerprint density at radius 1 is 1.30 bits per heavy atom. The molecule has 0 amide bonds. The van der Waals surface area contributed by atoms with Crippen LogP contribution >= 0.6 is 0 Å². The molecule has 0 saturated heterocycles. The summed E-state index contributed by atoms with van der Waals surface area (Å²) in [6.07, 6.45) is 0.986. The summed E-state index contributed by atoms with van der Waals surface area (Å²) in [6.45, 7) is 8.70. The summed E-state index contributed by atoms with van der Waals surface area (Å²) in [6, 6.07) is 6.19. The first kappa shape index (κ1) is 14.6. The molecule has 1 aromatic heterocycles. The maximum absolute atomic E-state index is 5.77. The maximum atomic E-state index is 5.77. The molecule has 2 aromatic rings. The minimum absolute atomic E-state index is 0.181. The van der Waals surface area contributed by atoms with Gasteiger partial charge < -0.3 is 15.5 Å². The molecule has 1 heterocycles. The van der Waals surface area contributed by atoms with Crippen LogP contribution in [0.2, 0.25) is 0 Å². The van der Waals surface area contributed by atoms with Crippen molar-refractivity contribution >= 4 is 0 Å². The van der Waals surface area contributed by atoms with Crippen molar-refractivity contribution in [2.24, 2.45) is 5.73 Å². The van der Waals surface area contributed by atoms with Gasteiger partial charge in [-0.3, -0.25) is 0 Å². The summed E-state index contributed by atoms with van der Waals surface area (Å²) < 4.78 is 5.77. The molecule has 0 saturated carbocycles. The zero-order chi connectivity index (χ0) is 14.7. The maximum Gasteiger partial charge on any atom is 0.122 e. The molecule has 3 N–H and O–H groups in total. The molecule has 0 atom stereocenters. The number of nitrogens with one attached hydrogen (secondary N) is 1. The lowest BCUT2D eigenvalue weighted by molar-refractivity contribution is 0.241. The van der Waals surface area contributed by atoms with Crippen LogP contribution in [-0.2, 0) is 6.42 Å². The monoisotopic (exact) mass is 273 g/mol. The van der Waals surface area contributed by atoms with Crippen LogP contribution in [0.4, 0.5) is 0 Å². The van der Waals surface area contributed by atoms with E-state index in [1.807, 2.05) is 26.8 Å². The van der Waals surface area contributed by atoms with E-state index in [1.54, 1.807) is 0 Å². The largest absolute Gasteiger partial charge is 0.491 e. The SMILES string of the molecule is Cc1nc(-c2ccc(OC(C)C)c(C)c2)c(CCN)[nH]1. The van der Waals surface area contributed by atoms with E-state index in [1.165, 1.54) is 0 Å². The lowest BCUT2D eigenvalue weighted by Crippen LogP contribution is -2.07. The van der Waals surface area contributed by atoms with E-state index >= 15 is 0 Å². The summed E-state index contributed by atoms with van der Waals surface area (Å²) in [5.41, 5.74) is 9.97. The Hall–Kier alpha value is -1.81. The number of ether oxygens (including phenoxy) is 1. The second-order valence-corrected chi connectivity index (χ2v) is 5.33. The number of hydrogen-bond donors (Lipinski definition) is 2. The Kier molecular flexibility index (Phi) is 4.45. The molecule has 1 aromatic carbocycles. The second kappa shape index (κ2) is 6.09. The van der Waals surface area contributed by atoms with Gasteiger partial charge in [-0.1, -0.05) is 0 Å². The van der Waals surface area contributed by atoms with E-state index in [2.05, 4.69) is 29.0 Å². The van der Waals surface area contributed by atoms with Crippen molar-refractivity contribution in [2.75, 3.05) is 6.54 Å². The molecule has 0 aliphatic rings. The lowest BCUT2D eigenvalue weighted by atomic mass is 10.1. The van der Waals surface area contributed by atoms with Crippen LogP contribution in [0.5, 0.6) is 5.75 Å². The zero-order valence-corrected chi connectivity index (χ0v) is 12.7. The van der Waals surface area contributed by atoms with E-state index in [0.29, 0.717) is 6.54 Å². The molecule has 4 nitrogen and oxygen atoms in total. The number of nitrogens with two attached hydrogens (primary N) is 1. The minimum atomic E-state index is 0.181. The van der Waals surface area contributed by atoms with Crippen molar-refractivity contribution in [3.63, 3.8) is 0 Å². The van der Waals surface area contributed by atoms with E-state index < -0.39 is 0 Å². The number of nitrogens with zero attached hydrogens (tertiary/aromatic N) is 1. The van der Waals surface area contributed by atoms with Gasteiger partial charge in [-0.05, 0) is 58.0 Å². The van der Waals surface area contributed by atoms with E-state index in [-0.39, 0.29) is 6.10 Å². The summed E-state index contributed by atoms with van der Waals surface area (Å²) in [5.74, 6) is 1.85. The van der Waals surface area contributed by atoms with Crippen LogP contribution in [0.15, 0.2) is 18.2 Å². The van der Waals surface area contributed by atoms with Crippen LogP contribution in [0.3, 0.4) is 0 Å². The van der Waals surface area contributed by atoms with Crippen LogP contribution < -0.4 is 10.5 Å². The first-order valence-corrected chi connectivity index (χ1v) is 7.04. The van der Waals surface area contributed by atoms with Crippen molar-refractivity contribution in [1.82, 2.24) is 9.97 Å². The van der Waals surface area contributed by atoms with Gasteiger partial charge in [0.25, 0.3) is 0 Å². The topological polar surface area (TPSA) is 63.9 Å². The number of aromatic nitrogens is 2. The van der Waals surface area contributed by atoms with Gasteiger partial charge in [0, 0.05) is 17.7 Å². The van der Waals surface area contributed by atoms with Crippen LogP contribution in [0.25, 0.3) is 11.3 Å². The highest BCUT2D eigenvalue weighted by atomic mass is 16.5. The van der Waals surface area contributed by atoms with Gasteiger partial charge in [0.15, 0.2) is 0 Å². The van der Waals surface area contributed by atoms with Crippen molar-refractivity contribution in [3.05, 3.63) is 35.3 Å². The molecule has 0 aliphatic carbocycles. The molecule has 2 rings (SSSR count). The van der Waals surface area contributed by atoms with Crippen molar-refractivity contribution in [3.8, 4) is 17.0 Å². The predicted octanol–water partition coefficient (Wildman–Crippen LogP) is 2.98. The highest BCUT2D eigenvalue weighted by Crippen LogP contribution is 2.28. The quantitative estimate of drug-likeness (QED) is 0.880. The van der Waals surface area contributed by atoms with Crippen LogP contribution in [-0.4, -0.2) is 22.6 Å². The van der Waals surface area contributed by atoms with E-state index in [9.17, 15) is 0 Å². The van der Waals surface area contributed by atoms with Crippen molar-refractivity contribution in [1.29, 1.82) is 0 Å². The van der Waals surface area contributed by atoms with Gasteiger partial charge >= 0.3 is 0 Å². The number of aromatic amines is 1. The molecular formula is C16H23N3O. The molecule has 4 heteroatoms. The Balaban J connectivity index is 2.36. The highest BCUT2D eigenvalue weighted by molar-refractivity contribution is 5.64. The summed E-state index contributed by atoms with van der Waals surface area (Å²) in [7, 11) is 0. The summed E-state index contributed by atoms with van der Waals surface area (Å²) >= 11 is 0. The van der Waals surface area contributed by atoms with Crippen LogP contribution in [0.1, 0.15) is 30.9 Å². The Morgan fingerprint density at radius 3 is 2.65 bits per heavy atom. The van der Waals surface area contributed by atoms with Crippen LogP contribution in [0, 0.1) is 13.8 Å². The Morgan fingerprint density at radius 2 is 2.05 bits per heavy atom. The van der Waals surface area contributed by atoms with Gasteiger partial charge in [-0.25, -0.2) is 4.98 Å². The fourth-order valence-corrected chi connectivity index (χ4v) is 2.29. The smallest absolute Gasteiger partial charge is 0.122 e. The minimum Gasteiger partial charge on any atom is -0.491 e. The zero-order valence-electron chi connectivity index (χ0n) is 12.7. The third-order valence-corrected chi connectivity index (χ3v) is 3.10. The number of H-pyrrole nitrogens is 1. The third-order valence-electron chi connectivity index (χ3n) is 3.10. The second-order valence-electron chi connectivity index (χ2n) is 5.33. The van der Waals surface area contributed by atoms with Gasteiger partial charge in [-0.2, -0.15) is 0 Å². The Bertz CT molecular complexity index is 587. The fourth-order valence-electron chi connectivity index (χ4n) is 2.29. The highest BCUT2D eigenvalue weighted by Gasteiger charge is 2.12. The first-order valence-electron chi connectivity index (χ1n) is 7.04. The first-order chi connectivity index (χ1) is 9.51. The van der Waals surface area contributed by atoms with E-state index in [4.69, 9.17) is 10.5 Å². The predicted molar refractivity (Wildman–Crippen MR) is 82.0 cm³/mol. The molecule has 0 radical (unpaired) electrons. The standard InChI is InChI=1S/C16H23N3O/c1-10(2)20-15-6-5-13(9-11(15)3)16-14(7-8-17)18-12(4)19-16/h5-6,9-10H,7-8,17H2,1-4H3,(H,18,19). The number of benzene rings is 1. The number of rotatable bonds is 5. The van der Waals surface area contributed by atoms with Gasteiger partial charge in [0.05, 0.1) is 11.8 Å². The molecule has 0 fully saturated rings. The summed E-state index contributed by atoms with van der Waals surface area (Å²) in [4.78, 5) is 7.87. The average molecular weight is 273 g/mol. The number of hydrogen-bond acceptors (Lipinski definition) is 3. The van der Waals surface area contributed by atoms with E-state index in [0.717, 1.165) is 40.5 Å². The molecule has 20 heavy (non-hydrogen) atoms. The Labute approximate surface area is 120 Å². The lowest BCUT2D eigenvalue weighted by Gasteiger charge is -2.13. The molecular weight excluding hydrogens is 250 g/mol. The molecule has 0 unspecified atom stereocenters. The molecule has 0 bridgehead atoms. The van der Waals surface area contributed by atoms with Gasteiger partial charge in [0.2, 0.25) is 0 Å². The fraction of sp³-hybridized carbons (Fsp3) is 0.438. The van der Waals surface area contributed by atoms with Crippen molar-refractivity contribution < 1.29 is 4.74 Å². The number of aryl methyl sites for hydroxylation is 2. The normalized spacial score (nSPS) is 11.1. The summed E-state index contributed by atoms with van der Waals surface area (Å²) in [5, 5.41) is 0. The van der Waals surface area contributed by atoms with Gasteiger partial charge in [0.1, 0.15) is 11.6 Å². The van der Waals surface area contributed by atoms with Crippen molar-refractivity contribution in [2.45, 2.75) is 40.2 Å². The number of imidazole rings is 1. The van der Waals surface area contributed by atoms with Gasteiger partial charge in [-0.15, -0.1) is 0 Å². The average Bonchev–Trinajstić information content (AvgIpc) is 2.73.